The van der Waals surface area contributed by atoms with Gasteiger partial charge in [-0.3, -0.25) is 0 Å². The second-order valence-electron chi connectivity index (χ2n) is 2.71. The lowest BCUT2D eigenvalue weighted by Crippen LogP contribution is -1.94. The molecule has 0 aliphatic carbocycles. The van der Waals surface area contributed by atoms with E-state index in [2.05, 4.69) is 19.8 Å². The molecule has 1 N–H and O–H groups in total. The van der Waals surface area contributed by atoms with E-state index < -0.39 is 0 Å². The van der Waals surface area contributed by atoms with Crippen LogP contribution in [-0.2, 0) is 0 Å². The van der Waals surface area contributed by atoms with Crippen molar-refractivity contribution in [3.63, 3.8) is 0 Å². The lowest BCUT2D eigenvalue weighted by atomic mass is 9.98. The molecule has 66 valence electrons. The molecule has 0 heterocycles. The number of terminal acetylenes is 1. The van der Waals surface area contributed by atoms with Crippen molar-refractivity contribution in [3.05, 3.63) is 23.8 Å². The van der Waals surface area contributed by atoms with Crippen LogP contribution >= 0.6 is 0 Å². The van der Waals surface area contributed by atoms with Gasteiger partial charge in [-0.1, -0.05) is 31.9 Å². The summed E-state index contributed by atoms with van der Waals surface area (Å²) in [6.07, 6.45) is 11.6. The van der Waals surface area contributed by atoms with E-state index in [-0.39, 0.29) is 6.61 Å². The number of aliphatic hydroxyl groups excluding tert-OH is 1. The number of hydrogen-bond acceptors (Lipinski definition) is 1. The Morgan fingerprint density at radius 1 is 1.67 bits per heavy atom. The fourth-order valence-electron chi connectivity index (χ4n) is 0.875. The monoisotopic (exact) mass is 164 g/mol. The van der Waals surface area contributed by atoms with Crippen molar-refractivity contribution in [1.82, 2.24) is 0 Å². The third-order valence-corrected chi connectivity index (χ3v) is 1.85. The largest absolute Gasteiger partial charge is 0.392 e. The summed E-state index contributed by atoms with van der Waals surface area (Å²) in [6.45, 7) is 4.30. The molecular weight excluding hydrogens is 148 g/mol. The van der Waals surface area contributed by atoms with Crippen molar-refractivity contribution in [1.29, 1.82) is 0 Å². The van der Waals surface area contributed by atoms with E-state index in [1.165, 1.54) is 0 Å². The Bertz CT molecular complexity index is 206. The molecule has 0 aromatic rings. The average Bonchev–Trinajstić information content (AvgIpc) is 2.11. The first-order valence-corrected chi connectivity index (χ1v) is 4.19. The first-order valence-electron chi connectivity index (χ1n) is 4.19. The van der Waals surface area contributed by atoms with Gasteiger partial charge < -0.3 is 5.11 Å². The molecule has 0 aromatic carbocycles. The molecule has 0 saturated carbocycles. The van der Waals surface area contributed by atoms with Crippen LogP contribution in [-0.4, -0.2) is 11.7 Å². The minimum absolute atomic E-state index is 0.0678. The molecule has 0 aliphatic heterocycles. The Hall–Kier alpha value is -1.00. The van der Waals surface area contributed by atoms with E-state index in [1.807, 2.05) is 6.08 Å². The topological polar surface area (TPSA) is 20.2 Å². The Morgan fingerprint density at radius 3 is 2.75 bits per heavy atom. The smallest absolute Gasteiger partial charge is 0.0615 e. The van der Waals surface area contributed by atoms with Gasteiger partial charge in [0.1, 0.15) is 0 Å². The highest BCUT2D eigenvalue weighted by Gasteiger charge is 2.01. The Morgan fingerprint density at radius 2 is 2.33 bits per heavy atom. The van der Waals surface area contributed by atoms with Gasteiger partial charge in [-0.15, -0.1) is 6.42 Å². The van der Waals surface area contributed by atoms with E-state index in [0.717, 1.165) is 12.0 Å². The molecule has 0 rings (SSSR count). The first kappa shape index (κ1) is 11.0. The molecule has 1 unspecified atom stereocenters. The number of allylic oxidation sites excluding steroid dienone is 3. The molecule has 0 fully saturated rings. The van der Waals surface area contributed by atoms with Gasteiger partial charge in [0.2, 0.25) is 0 Å². The van der Waals surface area contributed by atoms with Gasteiger partial charge in [0.15, 0.2) is 0 Å². The fourth-order valence-corrected chi connectivity index (χ4v) is 0.875. The van der Waals surface area contributed by atoms with Crippen LogP contribution in [0.25, 0.3) is 0 Å². The lowest BCUT2D eigenvalue weighted by molar-refractivity contribution is 0.342. The predicted octanol–water partition coefficient (Wildman–Crippen LogP) is 2.14. The van der Waals surface area contributed by atoms with E-state index >= 15 is 0 Å². The van der Waals surface area contributed by atoms with Gasteiger partial charge >= 0.3 is 0 Å². The molecule has 1 nitrogen and oxygen atoms in total. The molecule has 0 aromatic heterocycles. The summed E-state index contributed by atoms with van der Waals surface area (Å²) in [5.41, 5.74) is 1.11. The van der Waals surface area contributed by atoms with Crippen molar-refractivity contribution in [2.24, 2.45) is 5.92 Å². The van der Waals surface area contributed by atoms with Gasteiger partial charge in [-0.05, 0) is 24.0 Å². The molecule has 1 atom stereocenters. The van der Waals surface area contributed by atoms with Gasteiger partial charge in [-0.25, -0.2) is 0 Å². The van der Waals surface area contributed by atoms with Crippen LogP contribution in [0, 0.1) is 18.3 Å². The third-order valence-electron chi connectivity index (χ3n) is 1.85. The fraction of sp³-hybridized carbons (Fsp3) is 0.455. The molecule has 0 saturated heterocycles. The molecule has 12 heavy (non-hydrogen) atoms. The maximum atomic E-state index is 8.57. The second-order valence-corrected chi connectivity index (χ2v) is 2.71. The van der Waals surface area contributed by atoms with Gasteiger partial charge in [0.05, 0.1) is 6.61 Å². The van der Waals surface area contributed by atoms with Crippen molar-refractivity contribution >= 4 is 0 Å². The standard InChI is InChI=1S/C11H16O/c1-4-7-11(8-6-9-12)10(3)5-2/h1,6-8,10,12H,5,9H2,2-3H3/b8-6-,11-7+. The average molecular weight is 164 g/mol. The quantitative estimate of drug-likeness (QED) is 0.498. The van der Waals surface area contributed by atoms with E-state index in [4.69, 9.17) is 11.5 Å². The second kappa shape index (κ2) is 6.69. The van der Waals surface area contributed by atoms with E-state index in [1.54, 1.807) is 12.2 Å². The van der Waals surface area contributed by atoms with Crippen molar-refractivity contribution in [3.8, 4) is 12.3 Å². The molecule has 1 heteroatoms. The predicted molar refractivity (Wildman–Crippen MR) is 52.6 cm³/mol. The lowest BCUT2D eigenvalue weighted by Gasteiger charge is -2.07. The van der Waals surface area contributed by atoms with Crippen LogP contribution in [0.3, 0.4) is 0 Å². The molecule has 0 radical (unpaired) electrons. The van der Waals surface area contributed by atoms with Crippen LogP contribution in [0.15, 0.2) is 23.8 Å². The maximum absolute atomic E-state index is 8.57. The van der Waals surface area contributed by atoms with Crippen LogP contribution < -0.4 is 0 Å². The van der Waals surface area contributed by atoms with E-state index in [0.29, 0.717) is 5.92 Å². The first-order chi connectivity index (χ1) is 5.76. The normalized spacial score (nSPS) is 14.7. The summed E-state index contributed by atoms with van der Waals surface area (Å²) < 4.78 is 0. The summed E-state index contributed by atoms with van der Waals surface area (Å²) in [4.78, 5) is 0. The number of aliphatic hydroxyl groups is 1. The molecule has 0 aliphatic rings. The summed E-state index contributed by atoms with van der Waals surface area (Å²) >= 11 is 0. The third kappa shape index (κ3) is 4.00. The van der Waals surface area contributed by atoms with Gasteiger partial charge in [-0.2, -0.15) is 0 Å². The van der Waals surface area contributed by atoms with Crippen molar-refractivity contribution in [2.75, 3.05) is 6.61 Å². The van der Waals surface area contributed by atoms with Crippen molar-refractivity contribution in [2.45, 2.75) is 20.3 Å². The van der Waals surface area contributed by atoms with Crippen LogP contribution in [0.5, 0.6) is 0 Å². The van der Waals surface area contributed by atoms with Crippen LogP contribution in [0.2, 0.25) is 0 Å². The van der Waals surface area contributed by atoms with Crippen LogP contribution in [0.1, 0.15) is 20.3 Å². The SMILES string of the molecule is C#C/C=C(\C=C/CO)C(C)CC. The summed E-state index contributed by atoms with van der Waals surface area (Å²) in [7, 11) is 0. The zero-order chi connectivity index (χ0) is 9.40. The summed E-state index contributed by atoms with van der Waals surface area (Å²) in [6, 6.07) is 0. The maximum Gasteiger partial charge on any atom is 0.0615 e. The van der Waals surface area contributed by atoms with Gasteiger partial charge in [0.25, 0.3) is 0 Å². The van der Waals surface area contributed by atoms with E-state index in [9.17, 15) is 0 Å². The molecule has 0 bridgehead atoms. The Kier molecular flexibility index (Phi) is 6.14. The minimum Gasteiger partial charge on any atom is -0.392 e. The number of hydrogen-bond donors (Lipinski definition) is 1. The zero-order valence-corrected chi connectivity index (χ0v) is 7.75. The highest BCUT2D eigenvalue weighted by molar-refractivity contribution is 5.28. The van der Waals surface area contributed by atoms with Gasteiger partial charge in [0, 0.05) is 0 Å². The zero-order valence-electron chi connectivity index (χ0n) is 7.75. The molecule has 0 amide bonds. The number of rotatable bonds is 4. The van der Waals surface area contributed by atoms with Crippen LogP contribution in [0.4, 0.5) is 0 Å². The summed E-state index contributed by atoms with van der Waals surface area (Å²) in [5, 5.41) is 8.57. The molecule has 0 spiro atoms. The molecular formula is C11H16O. The highest BCUT2D eigenvalue weighted by Crippen LogP contribution is 2.14. The Balaban J connectivity index is 4.36. The summed E-state index contributed by atoms with van der Waals surface area (Å²) in [5.74, 6) is 2.96. The highest BCUT2D eigenvalue weighted by atomic mass is 16.2. The Labute approximate surface area is 74.8 Å². The minimum atomic E-state index is 0.0678. The van der Waals surface area contributed by atoms with Crippen molar-refractivity contribution < 1.29 is 5.11 Å².